The van der Waals surface area contributed by atoms with Gasteiger partial charge in [-0.15, -0.1) is 10.2 Å². The molecule has 0 aliphatic heterocycles. The first-order chi connectivity index (χ1) is 10.9. The molecule has 3 heterocycles. The van der Waals surface area contributed by atoms with Crippen molar-refractivity contribution in [3.8, 4) is 0 Å². The molecule has 0 aliphatic carbocycles. The number of anilines is 1. The molecule has 3 rings (SSSR count). The van der Waals surface area contributed by atoms with Gasteiger partial charge in [0.15, 0.2) is 5.65 Å². The van der Waals surface area contributed by atoms with Gasteiger partial charge in [0.2, 0.25) is 5.13 Å². The number of hydrogen-bond acceptors (Lipinski definition) is 6. The van der Waals surface area contributed by atoms with Crippen molar-refractivity contribution < 1.29 is 4.79 Å². The van der Waals surface area contributed by atoms with E-state index in [2.05, 4.69) is 25.6 Å². The number of rotatable bonds is 3. The van der Waals surface area contributed by atoms with Crippen LogP contribution in [0.3, 0.4) is 0 Å². The van der Waals surface area contributed by atoms with E-state index in [1.807, 2.05) is 40.8 Å². The first-order valence-electron chi connectivity index (χ1n) is 7.32. The molecule has 0 unspecified atom stereocenters. The summed E-state index contributed by atoms with van der Waals surface area (Å²) in [4.78, 5) is 17.4. The molecule has 0 spiro atoms. The normalized spacial score (nSPS) is 11.4. The highest BCUT2D eigenvalue weighted by atomic mass is 32.1. The lowest BCUT2D eigenvalue weighted by atomic mass is 10.0. The maximum absolute atomic E-state index is 12.7. The summed E-state index contributed by atoms with van der Waals surface area (Å²) in [5.74, 6) is -0.00326. The van der Waals surface area contributed by atoms with Gasteiger partial charge in [0.1, 0.15) is 5.01 Å². The molecule has 120 valence electrons. The molecule has 0 saturated heterocycles. The largest absolute Gasteiger partial charge is 0.296 e. The van der Waals surface area contributed by atoms with Crippen LogP contribution in [0.25, 0.3) is 11.0 Å². The second-order valence-corrected chi connectivity index (χ2v) is 6.92. The Kier molecular flexibility index (Phi) is 3.85. The van der Waals surface area contributed by atoms with Crippen LogP contribution in [0.5, 0.6) is 0 Å². The number of aryl methyl sites for hydroxylation is 3. The fraction of sp³-hybridized carbons (Fsp3) is 0.400. The highest BCUT2D eigenvalue weighted by Crippen LogP contribution is 2.26. The zero-order chi connectivity index (χ0) is 16.7. The van der Waals surface area contributed by atoms with Crippen LogP contribution in [0.15, 0.2) is 6.07 Å². The molecule has 23 heavy (non-hydrogen) atoms. The summed E-state index contributed by atoms with van der Waals surface area (Å²) in [5.41, 5.74) is 2.92. The van der Waals surface area contributed by atoms with Crippen LogP contribution in [-0.4, -0.2) is 30.9 Å². The number of nitrogens with zero attached hydrogens (tertiary/aromatic N) is 5. The number of nitrogens with one attached hydrogen (secondary N) is 1. The Morgan fingerprint density at radius 1 is 1.30 bits per heavy atom. The average molecular weight is 330 g/mol. The van der Waals surface area contributed by atoms with E-state index in [0.29, 0.717) is 16.3 Å². The molecular formula is C15H18N6OS. The lowest BCUT2D eigenvalue weighted by Gasteiger charge is -2.09. The van der Waals surface area contributed by atoms with Crippen LogP contribution in [-0.2, 0) is 7.05 Å². The number of hydrogen-bond donors (Lipinski definition) is 1. The molecule has 7 nitrogen and oxygen atoms in total. The number of amides is 1. The van der Waals surface area contributed by atoms with E-state index in [1.54, 1.807) is 4.68 Å². The van der Waals surface area contributed by atoms with Gasteiger partial charge in [-0.3, -0.25) is 14.8 Å². The SMILES string of the molecule is Cc1nnc(NC(=O)c2cc(C(C)C)nc3c2c(C)nn3C)s1. The van der Waals surface area contributed by atoms with Crippen molar-refractivity contribution in [3.05, 3.63) is 28.0 Å². The predicted molar refractivity (Wildman–Crippen MR) is 89.9 cm³/mol. The molecule has 0 saturated carbocycles. The second-order valence-electron chi connectivity index (χ2n) is 5.74. The topological polar surface area (TPSA) is 85.6 Å². The Morgan fingerprint density at radius 3 is 2.65 bits per heavy atom. The average Bonchev–Trinajstić information content (AvgIpc) is 3.02. The van der Waals surface area contributed by atoms with Crippen molar-refractivity contribution in [1.29, 1.82) is 0 Å². The van der Waals surface area contributed by atoms with Crippen LogP contribution < -0.4 is 5.32 Å². The molecule has 0 aromatic carbocycles. The van der Waals surface area contributed by atoms with Gasteiger partial charge in [0.05, 0.1) is 16.6 Å². The highest BCUT2D eigenvalue weighted by molar-refractivity contribution is 7.15. The van der Waals surface area contributed by atoms with Crippen LogP contribution in [0, 0.1) is 13.8 Å². The Labute approximate surface area is 137 Å². The molecule has 1 N–H and O–H groups in total. The van der Waals surface area contributed by atoms with Crippen LogP contribution >= 0.6 is 11.3 Å². The van der Waals surface area contributed by atoms with Crippen molar-refractivity contribution in [1.82, 2.24) is 25.0 Å². The number of fused-ring (bicyclic) bond motifs is 1. The van der Waals surface area contributed by atoms with Crippen molar-refractivity contribution in [2.45, 2.75) is 33.6 Å². The zero-order valence-corrected chi connectivity index (χ0v) is 14.5. The third-order valence-electron chi connectivity index (χ3n) is 3.57. The number of pyridine rings is 1. The van der Waals surface area contributed by atoms with Gasteiger partial charge in [-0.2, -0.15) is 5.10 Å². The van der Waals surface area contributed by atoms with Crippen LogP contribution in [0.2, 0.25) is 0 Å². The minimum Gasteiger partial charge on any atom is -0.296 e. The summed E-state index contributed by atoms with van der Waals surface area (Å²) in [6, 6.07) is 1.84. The molecule has 0 radical (unpaired) electrons. The summed E-state index contributed by atoms with van der Waals surface area (Å²) in [6.07, 6.45) is 0. The van der Waals surface area contributed by atoms with Crippen LogP contribution in [0.4, 0.5) is 5.13 Å². The minimum absolute atomic E-state index is 0.213. The Morgan fingerprint density at radius 2 is 2.04 bits per heavy atom. The van der Waals surface area contributed by atoms with E-state index in [0.717, 1.165) is 21.8 Å². The van der Waals surface area contributed by atoms with Gasteiger partial charge in [0.25, 0.3) is 5.91 Å². The molecule has 8 heteroatoms. The fourth-order valence-corrected chi connectivity index (χ4v) is 3.04. The van der Waals surface area contributed by atoms with E-state index >= 15 is 0 Å². The zero-order valence-electron chi connectivity index (χ0n) is 13.7. The number of carbonyl (C=O) groups is 1. The fourth-order valence-electron chi connectivity index (χ4n) is 2.45. The van der Waals surface area contributed by atoms with E-state index in [-0.39, 0.29) is 11.8 Å². The Hall–Kier alpha value is -2.35. The van der Waals surface area contributed by atoms with E-state index in [1.165, 1.54) is 11.3 Å². The molecular weight excluding hydrogens is 312 g/mol. The predicted octanol–water partition coefficient (Wildman–Crippen LogP) is 2.81. The third kappa shape index (κ3) is 2.81. The smallest absolute Gasteiger partial charge is 0.258 e. The maximum Gasteiger partial charge on any atom is 0.258 e. The quantitative estimate of drug-likeness (QED) is 0.798. The minimum atomic E-state index is -0.216. The first-order valence-corrected chi connectivity index (χ1v) is 8.14. The summed E-state index contributed by atoms with van der Waals surface area (Å²) in [5, 5.41) is 17.1. The lowest BCUT2D eigenvalue weighted by Crippen LogP contribution is -2.14. The molecule has 3 aromatic heterocycles. The van der Waals surface area contributed by atoms with Gasteiger partial charge in [-0.25, -0.2) is 4.98 Å². The van der Waals surface area contributed by atoms with E-state index in [9.17, 15) is 4.79 Å². The summed E-state index contributed by atoms with van der Waals surface area (Å²) in [6.45, 7) is 7.82. The highest BCUT2D eigenvalue weighted by Gasteiger charge is 2.20. The second kappa shape index (κ2) is 5.69. The van der Waals surface area contributed by atoms with Gasteiger partial charge in [-0.05, 0) is 25.8 Å². The number of carbonyl (C=O) groups excluding carboxylic acids is 1. The Bertz CT molecular complexity index is 895. The van der Waals surface area contributed by atoms with Gasteiger partial charge in [-0.1, -0.05) is 25.2 Å². The molecule has 1 amide bonds. The van der Waals surface area contributed by atoms with E-state index < -0.39 is 0 Å². The number of aromatic nitrogens is 5. The molecule has 3 aromatic rings. The lowest BCUT2D eigenvalue weighted by molar-refractivity contribution is 0.102. The van der Waals surface area contributed by atoms with Crippen molar-refractivity contribution in [3.63, 3.8) is 0 Å². The summed E-state index contributed by atoms with van der Waals surface area (Å²) >= 11 is 1.35. The first kappa shape index (κ1) is 15.5. The summed E-state index contributed by atoms with van der Waals surface area (Å²) in [7, 11) is 1.84. The van der Waals surface area contributed by atoms with E-state index in [4.69, 9.17) is 0 Å². The summed E-state index contributed by atoms with van der Waals surface area (Å²) < 4.78 is 1.71. The van der Waals surface area contributed by atoms with Crippen molar-refractivity contribution >= 4 is 33.4 Å². The maximum atomic E-state index is 12.7. The van der Waals surface area contributed by atoms with Crippen molar-refractivity contribution in [2.75, 3.05) is 5.32 Å². The monoisotopic (exact) mass is 330 g/mol. The van der Waals surface area contributed by atoms with Crippen molar-refractivity contribution in [2.24, 2.45) is 7.05 Å². The van der Waals surface area contributed by atoms with Gasteiger partial charge in [0, 0.05) is 12.7 Å². The molecule has 0 fully saturated rings. The Balaban J connectivity index is 2.12. The van der Waals surface area contributed by atoms with Crippen LogP contribution in [0.1, 0.15) is 46.5 Å². The molecule has 0 aliphatic rings. The molecule has 0 atom stereocenters. The third-order valence-corrected chi connectivity index (χ3v) is 4.33. The standard InChI is InChI=1S/C15H18N6OS/c1-7(2)11-6-10(12-8(3)20-21(5)13(12)16-11)14(22)17-15-19-18-9(4)23-15/h6-7H,1-5H3,(H,17,19,22). The molecule has 0 bridgehead atoms. The van der Waals surface area contributed by atoms with Gasteiger partial charge >= 0.3 is 0 Å². The van der Waals surface area contributed by atoms with Gasteiger partial charge < -0.3 is 0 Å².